The molecule has 2 aliphatic rings. The molecule has 6 heteroatoms. The topological polar surface area (TPSA) is 66.3 Å². The van der Waals surface area contributed by atoms with E-state index in [4.69, 9.17) is 4.98 Å². The minimum absolute atomic E-state index is 0.266. The number of carbonyl (C=O) groups excluding carboxylic acids is 1. The summed E-state index contributed by atoms with van der Waals surface area (Å²) in [7, 11) is 0. The maximum atomic E-state index is 13.1. The molecule has 5 nitrogen and oxygen atoms in total. The van der Waals surface area contributed by atoms with Crippen molar-refractivity contribution >= 4 is 28.0 Å². The summed E-state index contributed by atoms with van der Waals surface area (Å²) in [6, 6.07) is 9.80. The van der Waals surface area contributed by atoms with Crippen LogP contribution in [-0.4, -0.2) is 38.8 Å². The average molecular weight is 506 g/mol. The number of carbonyl (C=O) groups is 1. The highest BCUT2D eigenvalue weighted by atomic mass is 32.1. The zero-order valence-electron chi connectivity index (χ0n) is 21.7. The van der Waals surface area contributed by atoms with Gasteiger partial charge in [0.2, 0.25) is 0 Å². The average Bonchev–Trinajstić information content (AvgIpc) is 3.36. The fourth-order valence-corrected chi connectivity index (χ4v) is 7.29. The second kappa shape index (κ2) is 11.1. The Kier molecular flexibility index (Phi) is 7.85. The van der Waals surface area contributed by atoms with Crippen LogP contribution in [0, 0.1) is 11.8 Å². The first-order valence-corrected chi connectivity index (χ1v) is 14.6. The molecule has 1 fully saturated rings. The predicted octanol–water partition coefficient (Wildman–Crippen LogP) is 6.53. The van der Waals surface area contributed by atoms with Crippen molar-refractivity contribution in [3.63, 3.8) is 0 Å². The molecule has 3 aromatic rings. The van der Waals surface area contributed by atoms with Gasteiger partial charge in [-0.05, 0) is 69.0 Å². The Morgan fingerprint density at radius 2 is 1.89 bits per heavy atom. The minimum Gasteiger partial charge on any atom is -0.383 e. The molecule has 0 amide bonds. The molecule has 0 radical (unpaired) electrons. The smallest absolute Gasteiger partial charge is 0.163 e. The molecule has 5 rings (SSSR count). The van der Waals surface area contributed by atoms with Crippen LogP contribution in [0.3, 0.4) is 0 Å². The Hall–Kier alpha value is -2.15. The van der Waals surface area contributed by atoms with E-state index in [1.54, 1.807) is 17.5 Å². The number of hydrogen-bond donors (Lipinski definition) is 1. The van der Waals surface area contributed by atoms with Gasteiger partial charge in [-0.2, -0.15) is 0 Å². The summed E-state index contributed by atoms with van der Waals surface area (Å²) in [4.78, 5) is 26.3. The number of fused-ring (bicyclic) bond motifs is 2. The summed E-state index contributed by atoms with van der Waals surface area (Å²) < 4.78 is 0. The second-order valence-electron chi connectivity index (χ2n) is 10.8. The Labute approximate surface area is 219 Å². The van der Waals surface area contributed by atoms with Crippen molar-refractivity contribution in [2.45, 2.75) is 83.8 Å². The highest BCUT2D eigenvalue weighted by Gasteiger charge is 2.32. The van der Waals surface area contributed by atoms with E-state index in [1.165, 1.54) is 29.8 Å². The van der Waals surface area contributed by atoms with Gasteiger partial charge in [0.1, 0.15) is 10.6 Å². The van der Waals surface area contributed by atoms with Crippen molar-refractivity contribution < 1.29 is 9.90 Å². The monoisotopic (exact) mass is 505 g/mol. The van der Waals surface area contributed by atoms with Crippen molar-refractivity contribution in [3.05, 3.63) is 57.7 Å². The molecule has 192 valence electrons. The number of aromatic nitrogens is 2. The molecular weight excluding hydrogens is 466 g/mol. The fraction of sp³-hybridized carbons (Fsp3) is 0.567. The minimum atomic E-state index is -0.767. The maximum absolute atomic E-state index is 13.1. The van der Waals surface area contributed by atoms with Gasteiger partial charge in [0, 0.05) is 41.5 Å². The summed E-state index contributed by atoms with van der Waals surface area (Å²) in [6.07, 6.45) is 10.9. The standard InChI is InChI=1S/C30H39N3O2S/c1-3-30(35,4-2)29-32-26-20-33(18-15-28(26)36-29)17-14-21-10-12-22(13-11-21)19-27(34)24-7-5-9-25-23(24)8-6-16-31-25/h5-9,16,21-22,35H,3-4,10-15,17-20H2,1-2H3. The highest BCUT2D eigenvalue weighted by Crippen LogP contribution is 2.37. The first-order chi connectivity index (χ1) is 17.5. The molecule has 0 atom stereocenters. The van der Waals surface area contributed by atoms with Crippen LogP contribution in [0.5, 0.6) is 0 Å². The molecule has 1 saturated carbocycles. The summed E-state index contributed by atoms with van der Waals surface area (Å²) >= 11 is 1.72. The third-order valence-corrected chi connectivity index (χ3v) is 9.97. The summed E-state index contributed by atoms with van der Waals surface area (Å²) in [5.74, 6) is 1.53. The van der Waals surface area contributed by atoms with Crippen LogP contribution >= 0.6 is 11.3 Å². The van der Waals surface area contributed by atoms with Crippen LogP contribution < -0.4 is 0 Å². The Morgan fingerprint density at radius 1 is 1.11 bits per heavy atom. The quantitative estimate of drug-likeness (QED) is 0.335. The van der Waals surface area contributed by atoms with E-state index in [9.17, 15) is 9.90 Å². The van der Waals surface area contributed by atoms with Gasteiger partial charge in [-0.1, -0.05) is 44.9 Å². The third-order valence-electron chi connectivity index (χ3n) is 8.61. The van der Waals surface area contributed by atoms with Crippen LogP contribution in [0.25, 0.3) is 10.9 Å². The van der Waals surface area contributed by atoms with Gasteiger partial charge in [0.15, 0.2) is 5.78 Å². The normalized spacial score (nSPS) is 21.0. The highest BCUT2D eigenvalue weighted by molar-refractivity contribution is 7.11. The van der Waals surface area contributed by atoms with E-state index in [0.29, 0.717) is 25.2 Å². The molecule has 1 aromatic carbocycles. The zero-order valence-corrected chi connectivity index (χ0v) is 22.5. The van der Waals surface area contributed by atoms with Gasteiger partial charge < -0.3 is 5.11 Å². The number of benzene rings is 1. The number of aliphatic hydroxyl groups is 1. The number of ketones is 1. The number of pyridine rings is 1. The Morgan fingerprint density at radius 3 is 2.67 bits per heavy atom. The van der Waals surface area contributed by atoms with Crippen LogP contribution in [-0.2, 0) is 18.6 Å². The predicted molar refractivity (Wildman–Crippen MR) is 146 cm³/mol. The fourth-order valence-electron chi connectivity index (χ4n) is 6.00. The Bertz CT molecular complexity index is 1190. The summed E-state index contributed by atoms with van der Waals surface area (Å²) in [5.41, 5.74) is 2.15. The first kappa shape index (κ1) is 25.5. The van der Waals surface area contributed by atoms with E-state index in [1.807, 2.05) is 44.2 Å². The zero-order chi connectivity index (χ0) is 25.1. The molecule has 0 saturated heterocycles. The van der Waals surface area contributed by atoms with Crippen molar-refractivity contribution in [3.8, 4) is 0 Å². The lowest BCUT2D eigenvalue weighted by atomic mass is 9.78. The van der Waals surface area contributed by atoms with Gasteiger partial charge in [-0.25, -0.2) is 4.98 Å². The summed E-state index contributed by atoms with van der Waals surface area (Å²) in [5, 5.41) is 12.8. The molecular formula is C30H39N3O2S. The molecule has 0 spiro atoms. The molecule has 36 heavy (non-hydrogen) atoms. The van der Waals surface area contributed by atoms with Crippen LogP contribution in [0.2, 0.25) is 0 Å². The third kappa shape index (κ3) is 5.41. The molecule has 1 N–H and O–H groups in total. The Balaban J connectivity index is 1.09. The van der Waals surface area contributed by atoms with Crippen molar-refractivity contribution in [1.82, 2.24) is 14.9 Å². The molecule has 1 aliphatic carbocycles. The summed E-state index contributed by atoms with van der Waals surface area (Å²) in [6.45, 7) is 7.22. The number of rotatable bonds is 9. The molecule has 0 unspecified atom stereocenters. The van der Waals surface area contributed by atoms with Crippen molar-refractivity contribution in [1.29, 1.82) is 0 Å². The van der Waals surface area contributed by atoms with Crippen LogP contribution in [0.15, 0.2) is 36.5 Å². The van der Waals surface area contributed by atoms with Gasteiger partial charge in [0.25, 0.3) is 0 Å². The number of thiazole rings is 1. The van der Waals surface area contributed by atoms with Gasteiger partial charge >= 0.3 is 0 Å². The number of hydrogen-bond acceptors (Lipinski definition) is 6. The maximum Gasteiger partial charge on any atom is 0.163 e. The molecule has 2 aromatic heterocycles. The number of Topliss-reactive ketones (excluding diaryl/α,β-unsaturated/α-hetero) is 1. The van der Waals surface area contributed by atoms with Gasteiger partial charge in [-0.3, -0.25) is 14.7 Å². The van der Waals surface area contributed by atoms with E-state index in [2.05, 4.69) is 9.88 Å². The van der Waals surface area contributed by atoms with Crippen LogP contribution in [0.1, 0.15) is 91.2 Å². The van der Waals surface area contributed by atoms with Gasteiger partial charge in [-0.15, -0.1) is 11.3 Å². The van der Waals surface area contributed by atoms with Crippen LogP contribution in [0.4, 0.5) is 0 Å². The van der Waals surface area contributed by atoms with E-state index in [0.717, 1.165) is 66.3 Å². The largest absolute Gasteiger partial charge is 0.383 e. The van der Waals surface area contributed by atoms with Crippen molar-refractivity contribution in [2.75, 3.05) is 13.1 Å². The van der Waals surface area contributed by atoms with E-state index >= 15 is 0 Å². The van der Waals surface area contributed by atoms with Gasteiger partial charge in [0.05, 0.1) is 11.2 Å². The lowest BCUT2D eigenvalue weighted by molar-refractivity contribution is 0.0279. The molecule has 3 heterocycles. The number of nitrogens with zero attached hydrogens (tertiary/aromatic N) is 3. The first-order valence-electron chi connectivity index (χ1n) is 13.8. The molecule has 0 bridgehead atoms. The van der Waals surface area contributed by atoms with E-state index in [-0.39, 0.29) is 5.78 Å². The SMILES string of the molecule is CCC(O)(CC)c1nc2c(s1)CCN(CCC1CCC(CC(=O)c3cccc4ncccc34)CC1)C2. The van der Waals surface area contributed by atoms with E-state index < -0.39 is 5.60 Å². The second-order valence-corrected chi connectivity index (χ2v) is 11.9. The lowest BCUT2D eigenvalue weighted by Gasteiger charge is -2.31. The lowest BCUT2D eigenvalue weighted by Crippen LogP contribution is -2.32. The molecule has 1 aliphatic heterocycles. The van der Waals surface area contributed by atoms with Crippen molar-refractivity contribution in [2.24, 2.45) is 11.8 Å².